The number of rotatable bonds is 3. The van der Waals surface area contributed by atoms with E-state index in [1.54, 1.807) is 36.7 Å². The summed E-state index contributed by atoms with van der Waals surface area (Å²) in [5.74, 6) is -0.385. The van der Waals surface area contributed by atoms with Crippen LogP contribution in [0.5, 0.6) is 5.75 Å². The molecule has 0 saturated carbocycles. The van der Waals surface area contributed by atoms with Gasteiger partial charge in [-0.3, -0.25) is 9.97 Å². The van der Waals surface area contributed by atoms with E-state index in [1.165, 1.54) is 0 Å². The number of ether oxygens (including phenoxy) is 1. The Morgan fingerprint density at radius 3 is 1.95 bits per heavy atom. The lowest BCUT2D eigenvalue weighted by Gasteiger charge is -2.00. The van der Waals surface area contributed by atoms with Crippen molar-refractivity contribution in [1.82, 2.24) is 9.97 Å². The van der Waals surface area contributed by atoms with Gasteiger partial charge in [-0.2, -0.15) is 0 Å². The smallest absolute Gasteiger partial charge is 0.341 e. The average molecular weight is 282 g/mol. The van der Waals surface area contributed by atoms with E-state index in [0.717, 1.165) is 11.0 Å². The zero-order valence-corrected chi connectivity index (χ0v) is 11.2. The minimum absolute atomic E-state index is 0.288. The third-order valence-corrected chi connectivity index (χ3v) is 2.48. The summed E-state index contributed by atoms with van der Waals surface area (Å²) in [5, 5.41) is 8.25. The second kappa shape index (κ2) is 7.59. The largest absolute Gasteiger partial charge is 0.482 e. The van der Waals surface area contributed by atoms with Crippen molar-refractivity contribution >= 4 is 17.0 Å². The molecule has 0 aliphatic rings. The third-order valence-electron chi connectivity index (χ3n) is 2.48. The lowest BCUT2D eigenvalue weighted by atomic mass is 10.3. The molecular weight excluding hydrogens is 268 g/mol. The lowest BCUT2D eigenvalue weighted by molar-refractivity contribution is -0.139. The number of para-hydroxylation sites is 3. The van der Waals surface area contributed by atoms with Crippen LogP contribution in [0.4, 0.5) is 0 Å². The van der Waals surface area contributed by atoms with Crippen LogP contribution in [-0.4, -0.2) is 27.7 Å². The molecule has 0 aliphatic heterocycles. The summed E-state index contributed by atoms with van der Waals surface area (Å²) < 4.78 is 4.87. The highest BCUT2D eigenvalue weighted by molar-refractivity contribution is 5.73. The van der Waals surface area contributed by atoms with Gasteiger partial charge in [-0.05, 0) is 24.3 Å². The predicted octanol–water partition coefficient (Wildman–Crippen LogP) is 2.78. The Morgan fingerprint density at radius 1 is 0.905 bits per heavy atom. The maximum Gasteiger partial charge on any atom is 0.341 e. The Bertz CT molecular complexity index is 636. The van der Waals surface area contributed by atoms with Gasteiger partial charge < -0.3 is 9.84 Å². The molecule has 21 heavy (non-hydrogen) atoms. The number of benzene rings is 2. The molecule has 106 valence electrons. The molecule has 1 aromatic heterocycles. The van der Waals surface area contributed by atoms with Crippen molar-refractivity contribution in [1.29, 1.82) is 0 Å². The van der Waals surface area contributed by atoms with E-state index >= 15 is 0 Å². The first-order valence-corrected chi connectivity index (χ1v) is 6.31. The highest BCUT2D eigenvalue weighted by atomic mass is 16.5. The van der Waals surface area contributed by atoms with Gasteiger partial charge in [0.15, 0.2) is 6.61 Å². The molecule has 2 aromatic carbocycles. The van der Waals surface area contributed by atoms with Gasteiger partial charge >= 0.3 is 5.97 Å². The summed E-state index contributed by atoms with van der Waals surface area (Å²) in [6.45, 7) is -0.288. The molecule has 5 heteroatoms. The van der Waals surface area contributed by atoms with Crippen LogP contribution in [0, 0.1) is 0 Å². The summed E-state index contributed by atoms with van der Waals surface area (Å²) in [6, 6.07) is 16.6. The highest BCUT2D eigenvalue weighted by Gasteiger charge is 1.96. The Labute approximate surface area is 121 Å². The number of carboxylic acid groups (broad SMARTS) is 1. The topological polar surface area (TPSA) is 72.3 Å². The Kier molecular flexibility index (Phi) is 5.23. The molecule has 0 aliphatic carbocycles. The van der Waals surface area contributed by atoms with Gasteiger partial charge in [0.2, 0.25) is 0 Å². The van der Waals surface area contributed by atoms with Gasteiger partial charge in [-0.1, -0.05) is 30.3 Å². The van der Waals surface area contributed by atoms with Gasteiger partial charge in [0, 0.05) is 12.4 Å². The summed E-state index contributed by atoms with van der Waals surface area (Å²) in [5.41, 5.74) is 1.90. The van der Waals surface area contributed by atoms with E-state index < -0.39 is 5.97 Å². The lowest BCUT2D eigenvalue weighted by Crippen LogP contribution is -2.09. The third kappa shape index (κ3) is 4.91. The van der Waals surface area contributed by atoms with E-state index in [9.17, 15) is 4.79 Å². The number of carbonyl (C=O) groups is 1. The predicted molar refractivity (Wildman–Crippen MR) is 79.1 cm³/mol. The van der Waals surface area contributed by atoms with Gasteiger partial charge in [-0.25, -0.2) is 4.79 Å². The summed E-state index contributed by atoms with van der Waals surface area (Å²) in [4.78, 5) is 18.3. The van der Waals surface area contributed by atoms with Gasteiger partial charge in [0.25, 0.3) is 0 Å². The fourth-order valence-corrected chi connectivity index (χ4v) is 1.57. The second-order valence-corrected chi connectivity index (χ2v) is 4.04. The Morgan fingerprint density at radius 2 is 1.43 bits per heavy atom. The van der Waals surface area contributed by atoms with Gasteiger partial charge in [0.1, 0.15) is 5.75 Å². The first-order valence-electron chi connectivity index (χ1n) is 6.31. The van der Waals surface area contributed by atoms with Crippen LogP contribution in [0.2, 0.25) is 0 Å². The molecule has 0 atom stereocenters. The zero-order chi connectivity index (χ0) is 14.9. The fraction of sp³-hybridized carbons (Fsp3) is 0.0625. The van der Waals surface area contributed by atoms with E-state index in [4.69, 9.17) is 9.84 Å². The van der Waals surface area contributed by atoms with Crippen molar-refractivity contribution in [3.05, 3.63) is 67.0 Å². The minimum atomic E-state index is -0.964. The van der Waals surface area contributed by atoms with E-state index in [1.807, 2.05) is 30.3 Å². The Hall–Kier alpha value is -2.95. The first kappa shape index (κ1) is 14.5. The van der Waals surface area contributed by atoms with Crippen LogP contribution in [0.25, 0.3) is 11.0 Å². The van der Waals surface area contributed by atoms with Crippen LogP contribution >= 0.6 is 0 Å². The van der Waals surface area contributed by atoms with Crippen LogP contribution < -0.4 is 4.74 Å². The van der Waals surface area contributed by atoms with Crippen LogP contribution in [0.1, 0.15) is 0 Å². The monoisotopic (exact) mass is 282 g/mol. The van der Waals surface area contributed by atoms with Crippen LogP contribution in [0.3, 0.4) is 0 Å². The Balaban J connectivity index is 0.000000154. The summed E-state index contributed by atoms with van der Waals surface area (Å²) in [6.07, 6.45) is 3.39. The maximum absolute atomic E-state index is 10.0. The maximum atomic E-state index is 10.0. The number of hydrogen-bond donors (Lipinski definition) is 1. The van der Waals surface area contributed by atoms with Crippen molar-refractivity contribution in [2.75, 3.05) is 6.61 Å². The number of aliphatic carboxylic acids is 1. The van der Waals surface area contributed by atoms with Crippen molar-refractivity contribution < 1.29 is 14.6 Å². The summed E-state index contributed by atoms with van der Waals surface area (Å²) >= 11 is 0. The van der Waals surface area contributed by atoms with Crippen LogP contribution in [-0.2, 0) is 4.79 Å². The SMILES string of the molecule is O=C(O)COc1ccccc1.c1ccc2nccnc2c1. The van der Waals surface area contributed by atoms with E-state index in [0.29, 0.717) is 5.75 Å². The molecule has 0 amide bonds. The molecule has 0 saturated heterocycles. The number of hydrogen-bond acceptors (Lipinski definition) is 4. The van der Waals surface area contributed by atoms with Gasteiger partial charge in [-0.15, -0.1) is 0 Å². The normalized spacial score (nSPS) is 9.52. The molecule has 5 nitrogen and oxygen atoms in total. The van der Waals surface area contributed by atoms with E-state index in [2.05, 4.69) is 9.97 Å². The van der Waals surface area contributed by atoms with Gasteiger partial charge in [0.05, 0.1) is 11.0 Å². The standard InChI is InChI=1S/C8H6N2.C8H8O3/c1-2-4-8-7(3-1)9-5-6-10-8;9-8(10)6-11-7-4-2-1-3-5-7/h1-6H;1-5H,6H2,(H,9,10). The van der Waals surface area contributed by atoms with Crippen molar-refractivity contribution in [2.24, 2.45) is 0 Å². The molecule has 0 fully saturated rings. The quantitative estimate of drug-likeness (QED) is 0.799. The number of aromatic nitrogens is 2. The van der Waals surface area contributed by atoms with Crippen molar-refractivity contribution in [3.63, 3.8) is 0 Å². The number of nitrogens with zero attached hydrogens (tertiary/aromatic N) is 2. The second-order valence-electron chi connectivity index (χ2n) is 4.04. The minimum Gasteiger partial charge on any atom is -0.482 e. The number of carboxylic acids is 1. The molecule has 1 heterocycles. The molecule has 0 unspecified atom stereocenters. The van der Waals surface area contributed by atoms with Crippen molar-refractivity contribution in [3.8, 4) is 5.75 Å². The van der Waals surface area contributed by atoms with Crippen LogP contribution in [0.15, 0.2) is 67.0 Å². The average Bonchev–Trinajstić information content (AvgIpc) is 2.55. The first-order chi connectivity index (χ1) is 10.3. The molecule has 0 radical (unpaired) electrons. The molecule has 3 rings (SSSR count). The molecule has 0 spiro atoms. The number of fused-ring (bicyclic) bond motifs is 1. The molecular formula is C16H14N2O3. The van der Waals surface area contributed by atoms with Crippen molar-refractivity contribution in [2.45, 2.75) is 0 Å². The highest BCUT2D eigenvalue weighted by Crippen LogP contribution is 2.07. The molecule has 0 bridgehead atoms. The molecule has 3 aromatic rings. The fourth-order valence-electron chi connectivity index (χ4n) is 1.57. The molecule has 1 N–H and O–H groups in total. The summed E-state index contributed by atoms with van der Waals surface area (Å²) in [7, 11) is 0. The zero-order valence-electron chi connectivity index (χ0n) is 11.2. The van der Waals surface area contributed by atoms with E-state index in [-0.39, 0.29) is 6.61 Å².